The molecule has 23 heavy (non-hydrogen) atoms. The third kappa shape index (κ3) is 2.26. The van der Waals surface area contributed by atoms with Crippen molar-refractivity contribution in [3.05, 3.63) is 46.5 Å². The van der Waals surface area contributed by atoms with E-state index in [1.54, 1.807) is 38.1 Å². The van der Waals surface area contributed by atoms with Crippen molar-refractivity contribution in [2.75, 3.05) is 6.79 Å². The lowest BCUT2D eigenvalue weighted by atomic mass is 10.2. The van der Waals surface area contributed by atoms with Gasteiger partial charge < -0.3 is 18.7 Å². The smallest absolute Gasteiger partial charge is 0.363 e. The maximum Gasteiger partial charge on any atom is 0.363 e. The van der Waals surface area contributed by atoms with E-state index < -0.39 is 5.97 Å². The molecule has 1 aromatic heterocycles. The van der Waals surface area contributed by atoms with E-state index in [2.05, 4.69) is 10.1 Å². The molecule has 4 rings (SSSR count). The Morgan fingerprint density at radius 2 is 2.00 bits per heavy atom. The number of carbonyl (C=O) groups is 1. The standard InChI is InChI=1S/C16H12N2O5/c1-8-11(9(2)23-18-8)6-12-16(19)22-15(17-12)10-3-4-13-14(5-10)21-7-20-13/h3-6H,7H2,1-2H3. The SMILES string of the molecule is Cc1noc(C)c1C=C1N=C(c2ccc3c(c2)OCO3)OC1=O. The monoisotopic (exact) mass is 312 g/mol. The van der Waals surface area contributed by atoms with E-state index in [0.717, 1.165) is 5.56 Å². The lowest BCUT2D eigenvalue weighted by molar-refractivity contribution is -0.129. The molecule has 0 fully saturated rings. The summed E-state index contributed by atoms with van der Waals surface area (Å²) < 4.78 is 20.9. The second-order valence-corrected chi connectivity index (χ2v) is 5.14. The van der Waals surface area contributed by atoms with Gasteiger partial charge in [-0.05, 0) is 38.1 Å². The number of fused-ring (bicyclic) bond motifs is 1. The Morgan fingerprint density at radius 1 is 1.17 bits per heavy atom. The summed E-state index contributed by atoms with van der Waals surface area (Å²) in [5, 5.41) is 3.85. The van der Waals surface area contributed by atoms with Crippen LogP contribution < -0.4 is 9.47 Å². The Balaban J connectivity index is 1.70. The fourth-order valence-corrected chi connectivity index (χ4v) is 2.40. The summed E-state index contributed by atoms with van der Waals surface area (Å²) in [4.78, 5) is 16.3. The fourth-order valence-electron chi connectivity index (χ4n) is 2.40. The third-order valence-electron chi connectivity index (χ3n) is 3.61. The number of hydrogen-bond donors (Lipinski definition) is 0. The molecule has 0 saturated carbocycles. The van der Waals surface area contributed by atoms with Crippen LogP contribution in [0.2, 0.25) is 0 Å². The Labute approximate surface area is 131 Å². The molecular weight excluding hydrogens is 300 g/mol. The second kappa shape index (κ2) is 4.98. The van der Waals surface area contributed by atoms with Gasteiger partial charge in [0.05, 0.1) is 5.69 Å². The molecule has 1 aromatic carbocycles. The first-order valence-electron chi connectivity index (χ1n) is 6.97. The molecule has 0 saturated heterocycles. The van der Waals surface area contributed by atoms with E-state index in [1.807, 2.05) is 0 Å². The number of aromatic nitrogens is 1. The summed E-state index contributed by atoms with van der Waals surface area (Å²) in [5.41, 5.74) is 2.26. The third-order valence-corrected chi connectivity index (χ3v) is 3.61. The molecule has 2 aromatic rings. The first-order valence-corrected chi connectivity index (χ1v) is 6.97. The molecule has 2 aliphatic rings. The molecule has 0 bridgehead atoms. The number of ether oxygens (including phenoxy) is 3. The normalized spacial score (nSPS) is 17.6. The maximum atomic E-state index is 12.0. The first-order chi connectivity index (χ1) is 11.1. The van der Waals surface area contributed by atoms with Crippen molar-refractivity contribution in [1.82, 2.24) is 5.16 Å². The number of carbonyl (C=O) groups excluding carboxylic acids is 1. The molecule has 0 amide bonds. The maximum absolute atomic E-state index is 12.0. The summed E-state index contributed by atoms with van der Waals surface area (Å²) in [7, 11) is 0. The van der Waals surface area contributed by atoms with E-state index in [9.17, 15) is 4.79 Å². The van der Waals surface area contributed by atoms with E-state index >= 15 is 0 Å². The average Bonchev–Trinajstić information content (AvgIpc) is 3.22. The number of esters is 1. The van der Waals surface area contributed by atoms with Gasteiger partial charge in [-0.1, -0.05) is 5.16 Å². The molecule has 0 spiro atoms. The van der Waals surface area contributed by atoms with Crippen LogP contribution in [0.5, 0.6) is 11.5 Å². The van der Waals surface area contributed by atoms with Crippen LogP contribution in [-0.4, -0.2) is 23.8 Å². The number of nitrogens with zero attached hydrogens (tertiary/aromatic N) is 2. The van der Waals surface area contributed by atoms with Gasteiger partial charge in [0, 0.05) is 11.1 Å². The van der Waals surface area contributed by atoms with Crippen molar-refractivity contribution in [3.63, 3.8) is 0 Å². The van der Waals surface area contributed by atoms with E-state index in [-0.39, 0.29) is 18.4 Å². The van der Waals surface area contributed by atoms with Crippen LogP contribution in [0.25, 0.3) is 6.08 Å². The molecule has 0 aliphatic carbocycles. The molecule has 116 valence electrons. The molecule has 2 aliphatic heterocycles. The van der Waals surface area contributed by atoms with Gasteiger partial charge in [0.15, 0.2) is 17.2 Å². The van der Waals surface area contributed by atoms with Crippen LogP contribution in [0.15, 0.2) is 33.4 Å². The van der Waals surface area contributed by atoms with Crippen LogP contribution in [0.3, 0.4) is 0 Å². The minimum Gasteiger partial charge on any atom is -0.454 e. The summed E-state index contributed by atoms with van der Waals surface area (Å²) in [6.45, 7) is 3.75. The summed E-state index contributed by atoms with van der Waals surface area (Å²) in [6.07, 6.45) is 1.61. The molecule has 0 N–H and O–H groups in total. The van der Waals surface area contributed by atoms with Gasteiger partial charge in [-0.15, -0.1) is 0 Å². The highest BCUT2D eigenvalue weighted by atomic mass is 16.7. The van der Waals surface area contributed by atoms with E-state index in [1.165, 1.54) is 0 Å². The Morgan fingerprint density at radius 3 is 2.78 bits per heavy atom. The van der Waals surface area contributed by atoms with Crippen molar-refractivity contribution in [2.45, 2.75) is 13.8 Å². The number of hydrogen-bond acceptors (Lipinski definition) is 7. The number of cyclic esters (lactones) is 1. The van der Waals surface area contributed by atoms with E-state index in [0.29, 0.717) is 28.5 Å². The van der Waals surface area contributed by atoms with Gasteiger partial charge in [-0.2, -0.15) is 0 Å². The van der Waals surface area contributed by atoms with Crippen LogP contribution in [0, 0.1) is 13.8 Å². The summed E-state index contributed by atoms with van der Waals surface area (Å²) in [6, 6.07) is 5.25. The van der Waals surface area contributed by atoms with Gasteiger partial charge in [0.25, 0.3) is 0 Å². The van der Waals surface area contributed by atoms with E-state index in [4.69, 9.17) is 18.7 Å². The molecule has 7 heteroatoms. The minimum absolute atomic E-state index is 0.183. The molecule has 0 radical (unpaired) electrons. The zero-order valence-corrected chi connectivity index (χ0v) is 12.5. The average molecular weight is 312 g/mol. The zero-order chi connectivity index (χ0) is 16.0. The molecule has 7 nitrogen and oxygen atoms in total. The number of benzene rings is 1. The lowest BCUT2D eigenvalue weighted by Crippen LogP contribution is -2.05. The largest absolute Gasteiger partial charge is 0.454 e. The molecule has 0 atom stereocenters. The van der Waals surface area contributed by atoms with Crippen molar-refractivity contribution in [1.29, 1.82) is 0 Å². The van der Waals surface area contributed by atoms with Crippen molar-refractivity contribution in [2.24, 2.45) is 4.99 Å². The van der Waals surface area contributed by atoms with Gasteiger partial charge in [-0.3, -0.25) is 0 Å². The minimum atomic E-state index is -0.516. The van der Waals surface area contributed by atoms with Crippen LogP contribution >= 0.6 is 0 Å². The highest BCUT2D eigenvalue weighted by molar-refractivity contribution is 6.13. The second-order valence-electron chi connectivity index (χ2n) is 5.14. The molecule has 0 unspecified atom stereocenters. The highest BCUT2D eigenvalue weighted by Crippen LogP contribution is 2.33. The Hall–Kier alpha value is -3.09. The topological polar surface area (TPSA) is 83.2 Å². The predicted octanol–water partition coefficient (Wildman–Crippen LogP) is 2.36. The van der Waals surface area contributed by atoms with Crippen molar-refractivity contribution >= 4 is 17.9 Å². The highest BCUT2D eigenvalue weighted by Gasteiger charge is 2.26. The molecule has 3 heterocycles. The van der Waals surface area contributed by atoms with Gasteiger partial charge in [0.2, 0.25) is 12.7 Å². The van der Waals surface area contributed by atoms with Gasteiger partial charge in [-0.25, -0.2) is 9.79 Å². The number of aliphatic imine (C=N–C) groups is 1. The first kappa shape index (κ1) is 13.6. The lowest BCUT2D eigenvalue weighted by Gasteiger charge is -2.01. The van der Waals surface area contributed by atoms with Gasteiger partial charge >= 0.3 is 5.97 Å². The Bertz CT molecular complexity index is 859. The van der Waals surface area contributed by atoms with Crippen molar-refractivity contribution < 1.29 is 23.5 Å². The van der Waals surface area contributed by atoms with Crippen LogP contribution in [0.1, 0.15) is 22.6 Å². The predicted molar refractivity (Wildman–Crippen MR) is 79.1 cm³/mol. The summed E-state index contributed by atoms with van der Waals surface area (Å²) in [5.74, 6) is 1.59. The Kier molecular flexibility index (Phi) is 2.94. The van der Waals surface area contributed by atoms with Crippen LogP contribution in [-0.2, 0) is 9.53 Å². The number of rotatable bonds is 2. The van der Waals surface area contributed by atoms with Crippen molar-refractivity contribution in [3.8, 4) is 11.5 Å². The fraction of sp³-hybridized carbons (Fsp3) is 0.188. The van der Waals surface area contributed by atoms with Crippen LogP contribution in [0.4, 0.5) is 0 Å². The van der Waals surface area contributed by atoms with Gasteiger partial charge in [0.1, 0.15) is 5.76 Å². The quantitative estimate of drug-likeness (QED) is 0.625. The zero-order valence-electron chi connectivity index (χ0n) is 12.5. The summed E-state index contributed by atoms with van der Waals surface area (Å²) >= 11 is 0. The molecular formula is C16H12N2O5. The number of aryl methyl sites for hydroxylation is 2.